The number of amides is 2. The molecule has 1 heterocycles. The number of rotatable bonds is 6. The van der Waals surface area contributed by atoms with Crippen molar-refractivity contribution in [1.29, 1.82) is 0 Å². The van der Waals surface area contributed by atoms with Gasteiger partial charge in [-0.15, -0.1) is 0 Å². The minimum Gasteiger partial charge on any atom is -0.444 e. The van der Waals surface area contributed by atoms with Crippen LogP contribution in [0.2, 0.25) is 0 Å². The first-order valence-corrected chi connectivity index (χ1v) is 12.0. The molecule has 0 bridgehead atoms. The molecule has 7 heteroatoms. The first kappa shape index (κ1) is 24.0. The van der Waals surface area contributed by atoms with Crippen LogP contribution >= 0.6 is 15.9 Å². The van der Waals surface area contributed by atoms with E-state index in [2.05, 4.69) is 76.8 Å². The Morgan fingerprint density at radius 1 is 1.00 bits per heavy atom. The Morgan fingerprint density at radius 3 is 2.26 bits per heavy atom. The van der Waals surface area contributed by atoms with Crippen LogP contribution in [0.1, 0.15) is 67.3 Å². The second-order valence-electron chi connectivity index (χ2n) is 9.63. The zero-order chi connectivity index (χ0) is 24.5. The van der Waals surface area contributed by atoms with Crippen molar-refractivity contribution in [3.05, 3.63) is 87.8 Å². The van der Waals surface area contributed by atoms with Crippen molar-refractivity contribution in [2.24, 2.45) is 11.0 Å². The molecule has 1 saturated carbocycles. The highest BCUT2D eigenvalue weighted by molar-refractivity contribution is 9.10. The van der Waals surface area contributed by atoms with Crippen molar-refractivity contribution in [1.82, 2.24) is 5.43 Å². The van der Waals surface area contributed by atoms with Gasteiger partial charge in [-0.05, 0) is 81.6 Å². The van der Waals surface area contributed by atoms with Crippen molar-refractivity contribution >= 4 is 39.1 Å². The molecule has 0 aliphatic heterocycles. The van der Waals surface area contributed by atoms with E-state index in [1.807, 2.05) is 19.1 Å². The molecule has 1 aliphatic carbocycles. The molecule has 1 aliphatic rings. The van der Waals surface area contributed by atoms with Gasteiger partial charge < -0.3 is 9.73 Å². The Balaban J connectivity index is 1.31. The number of hydrogen-bond donors (Lipinski definition) is 2. The Labute approximate surface area is 208 Å². The topological polar surface area (TPSA) is 83.7 Å². The van der Waals surface area contributed by atoms with Gasteiger partial charge in [-0.25, -0.2) is 5.43 Å². The Hall–Kier alpha value is -3.19. The van der Waals surface area contributed by atoms with Gasteiger partial charge in [-0.2, -0.15) is 5.10 Å². The maximum atomic E-state index is 12.6. The van der Waals surface area contributed by atoms with E-state index in [-0.39, 0.29) is 34.8 Å². The molecule has 2 aromatic carbocycles. The molecule has 0 saturated heterocycles. The molecule has 0 unspecified atom stereocenters. The standard InChI is InChI=1S/C27H28BrN3O3/c1-16(17-7-11-20(12-8-17)29-26(33)23-13-14-24(28)34-23)30-31-25(32)22-15-21(22)18-5-9-19(10-6-18)27(2,3)4/h5-14,21-22H,15H2,1-4H3,(H,29,33)(H,31,32)/b30-16+/t21-,22+/m1/s1. The fourth-order valence-electron chi connectivity index (χ4n) is 3.79. The van der Waals surface area contributed by atoms with Crippen LogP contribution in [0.15, 0.2) is 74.9 Å². The first-order chi connectivity index (χ1) is 16.1. The lowest BCUT2D eigenvalue weighted by molar-refractivity contribution is -0.122. The Bertz CT molecular complexity index is 1220. The van der Waals surface area contributed by atoms with Gasteiger partial charge in [0.15, 0.2) is 10.4 Å². The number of hydrazone groups is 1. The lowest BCUT2D eigenvalue weighted by Gasteiger charge is -2.19. The molecule has 2 N–H and O–H groups in total. The van der Waals surface area contributed by atoms with Crippen molar-refractivity contribution in [2.45, 2.75) is 45.4 Å². The van der Waals surface area contributed by atoms with E-state index in [1.165, 1.54) is 11.1 Å². The smallest absolute Gasteiger partial charge is 0.291 e. The molecule has 176 valence electrons. The zero-order valence-electron chi connectivity index (χ0n) is 19.7. The highest BCUT2D eigenvalue weighted by Crippen LogP contribution is 2.47. The summed E-state index contributed by atoms with van der Waals surface area (Å²) in [5, 5.41) is 7.06. The molecular formula is C27H28BrN3O3. The Morgan fingerprint density at radius 2 is 1.68 bits per heavy atom. The minimum absolute atomic E-state index is 0.0451. The number of hydrogen-bond acceptors (Lipinski definition) is 4. The van der Waals surface area contributed by atoms with Crippen LogP contribution < -0.4 is 10.7 Å². The number of furan rings is 1. The summed E-state index contributed by atoms with van der Waals surface area (Å²) >= 11 is 3.18. The van der Waals surface area contributed by atoms with Gasteiger partial charge in [-0.1, -0.05) is 57.2 Å². The first-order valence-electron chi connectivity index (χ1n) is 11.2. The Kier molecular flexibility index (Phi) is 6.75. The zero-order valence-corrected chi connectivity index (χ0v) is 21.3. The summed E-state index contributed by atoms with van der Waals surface area (Å²) in [6.45, 7) is 8.42. The molecular weight excluding hydrogens is 494 g/mol. The fourth-order valence-corrected chi connectivity index (χ4v) is 4.10. The number of benzene rings is 2. The second-order valence-corrected chi connectivity index (χ2v) is 10.4. The average Bonchev–Trinajstić information content (AvgIpc) is 3.50. The predicted molar refractivity (Wildman–Crippen MR) is 137 cm³/mol. The number of carbonyl (C=O) groups is 2. The molecule has 1 fully saturated rings. The lowest BCUT2D eigenvalue weighted by Crippen LogP contribution is -2.21. The van der Waals surface area contributed by atoms with Gasteiger partial charge in [0, 0.05) is 11.6 Å². The van der Waals surface area contributed by atoms with Crippen LogP contribution in [0.5, 0.6) is 0 Å². The number of anilines is 1. The maximum Gasteiger partial charge on any atom is 0.291 e. The fraction of sp³-hybridized carbons (Fsp3) is 0.296. The van der Waals surface area contributed by atoms with E-state index in [4.69, 9.17) is 4.42 Å². The van der Waals surface area contributed by atoms with Crippen LogP contribution in [-0.2, 0) is 10.2 Å². The normalized spacial score (nSPS) is 17.9. The maximum absolute atomic E-state index is 12.6. The summed E-state index contributed by atoms with van der Waals surface area (Å²) < 4.78 is 5.76. The van der Waals surface area contributed by atoms with Gasteiger partial charge in [0.05, 0.1) is 5.71 Å². The van der Waals surface area contributed by atoms with Gasteiger partial charge in [-0.3, -0.25) is 9.59 Å². The van der Waals surface area contributed by atoms with Crippen LogP contribution in [0, 0.1) is 5.92 Å². The van der Waals surface area contributed by atoms with Gasteiger partial charge in [0.2, 0.25) is 5.91 Å². The lowest BCUT2D eigenvalue weighted by atomic mass is 9.86. The number of carbonyl (C=O) groups excluding carboxylic acids is 2. The average molecular weight is 522 g/mol. The quantitative estimate of drug-likeness (QED) is 0.297. The van der Waals surface area contributed by atoms with Crippen LogP contribution in [0.3, 0.4) is 0 Å². The van der Waals surface area contributed by atoms with Gasteiger partial charge in [0.25, 0.3) is 5.91 Å². The number of halogens is 1. The predicted octanol–water partition coefficient (Wildman–Crippen LogP) is 6.24. The highest BCUT2D eigenvalue weighted by atomic mass is 79.9. The molecule has 4 rings (SSSR count). The molecule has 1 aromatic heterocycles. The summed E-state index contributed by atoms with van der Waals surface area (Å²) in [5.41, 5.74) is 7.49. The highest BCUT2D eigenvalue weighted by Gasteiger charge is 2.44. The van der Waals surface area contributed by atoms with E-state index in [9.17, 15) is 9.59 Å². The molecule has 34 heavy (non-hydrogen) atoms. The third-order valence-electron chi connectivity index (χ3n) is 6.02. The summed E-state index contributed by atoms with van der Waals surface area (Å²) in [6, 6.07) is 19.1. The summed E-state index contributed by atoms with van der Waals surface area (Å²) in [4.78, 5) is 24.8. The van der Waals surface area contributed by atoms with Crippen molar-refractivity contribution in [3.8, 4) is 0 Å². The van der Waals surface area contributed by atoms with E-state index >= 15 is 0 Å². The number of nitrogens with zero attached hydrogens (tertiary/aromatic N) is 1. The van der Waals surface area contributed by atoms with Gasteiger partial charge >= 0.3 is 0 Å². The van der Waals surface area contributed by atoms with E-state index in [1.54, 1.807) is 24.3 Å². The van der Waals surface area contributed by atoms with Crippen molar-refractivity contribution in [2.75, 3.05) is 5.32 Å². The summed E-state index contributed by atoms with van der Waals surface area (Å²) in [6.07, 6.45) is 0.843. The minimum atomic E-state index is -0.330. The molecule has 2 atom stereocenters. The van der Waals surface area contributed by atoms with Crippen LogP contribution in [0.4, 0.5) is 5.69 Å². The van der Waals surface area contributed by atoms with Crippen molar-refractivity contribution in [3.63, 3.8) is 0 Å². The van der Waals surface area contributed by atoms with Gasteiger partial charge in [0.1, 0.15) is 0 Å². The molecule has 3 aromatic rings. The summed E-state index contributed by atoms with van der Waals surface area (Å²) in [7, 11) is 0. The van der Waals surface area contributed by atoms with E-state index < -0.39 is 0 Å². The van der Waals surface area contributed by atoms with E-state index in [0.29, 0.717) is 16.1 Å². The third kappa shape index (κ3) is 5.65. The largest absolute Gasteiger partial charge is 0.444 e. The molecule has 2 amide bonds. The van der Waals surface area contributed by atoms with Crippen LogP contribution in [-0.4, -0.2) is 17.5 Å². The SMILES string of the molecule is C/C(=N\NC(=O)[C@H]1C[C@@H]1c1ccc(C(C)(C)C)cc1)c1ccc(NC(=O)c2ccc(Br)o2)cc1. The monoisotopic (exact) mass is 521 g/mol. The van der Waals surface area contributed by atoms with E-state index in [0.717, 1.165) is 12.0 Å². The molecule has 0 radical (unpaired) electrons. The molecule has 6 nitrogen and oxygen atoms in total. The molecule has 0 spiro atoms. The number of nitrogens with one attached hydrogen (secondary N) is 2. The van der Waals surface area contributed by atoms with Crippen LogP contribution in [0.25, 0.3) is 0 Å². The second kappa shape index (κ2) is 9.58. The van der Waals surface area contributed by atoms with Crippen molar-refractivity contribution < 1.29 is 14.0 Å². The summed E-state index contributed by atoms with van der Waals surface area (Å²) in [5.74, 6) is 0.0410. The third-order valence-corrected chi connectivity index (χ3v) is 6.45.